The van der Waals surface area contributed by atoms with Crippen molar-refractivity contribution < 1.29 is 18.7 Å². The molecule has 6 heteroatoms. The molecule has 0 spiro atoms. The van der Waals surface area contributed by atoms with Crippen molar-refractivity contribution in [3.05, 3.63) is 71.0 Å². The summed E-state index contributed by atoms with van der Waals surface area (Å²) in [5, 5.41) is 2.98. The monoisotopic (exact) mass is 538 g/mol. The van der Waals surface area contributed by atoms with Gasteiger partial charge in [-0.1, -0.05) is 88.3 Å². The van der Waals surface area contributed by atoms with Gasteiger partial charge in [0.05, 0.1) is 19.1 Å². The van der Waals surface area contributed by atoms with Crippen molar-refractivity contribution in [2.75, 3.05) is 19.8 Å². The highest BCUT2D eigenvalue weighted by Crippen LogP contribution is 2.25. The average molecular weight is 539 g/mol. The molecule has 0 bridgehead atoms. The zero-order valence-corrected chi connectivity index (χ0v) is 23.8. The maximum Gasteiger partial charge on any atom is 0.227 e. The van der Waals surface area contributed by atoms with Gasteiger partial charge in [0, 0.05) is 26.1 Å². The number of carbonyl (C=O) groups excluding carboxylic acids is 2. The first-order chi connectivity index (χ1) is 19.1. The fourth-order valence-corrected chi connectivity index (χ4v) is 5.21. The number of hydrogen-bond acceptors (Lipinski definition) is 3. The number of rotatable bonds is 18. The Hall–Kier alpha value is -2.73. The first kappa shape index (κ1) is 30.8. The summed E-state index contributed by atoms with van der Waals surface area (Å²) in [5.74, 6) is -0.104. The molecule has 5 nitrogen and oxygen atoms in total. The minimum Gasteiger partial charge on any atom is -0.379 e. The minimum absolute atomic E-state index is 0.00492. The van der Waals surface area contributed by atoms with Crippen LogP contribution in [-0.4, -0.2) is 42.5 Å². The van der Waals surface area contributed by atoms with Crippen molar-refractivity contribution >= 4 is 11.8 Å². The van der Waals surface area contributed by atoms with Crippen LogP contribution in [0.2, 0.25) is 0 Å². The Balaban J connectivity index is 1.29. The van der Waals surface area contributed by atoms with Gasteiger partial charge < -0.3 is 15.0 Å². The maximum atomic E-state index is 13.6. The van der Waals surface area contributed by atoms with Gasteiger partial charge in [-0.2, -0.15) is 0 Å². The van der Waals surface area contributed by atoms with Gasteiger partial charge in [-0.05, 0) is 54.5 Å². The zero-order chi connectivity index (χ0) is 27.7. The number of nitrogens with one attached hydrogen (secondary N) is 1. The van der Waals surface area contributed by atoms with Crippen LogP contribution >= 0.6 is 0 Å². The van der Waals surface area contributed by atoms with Gasteiger partial charge >= 0.3 is 0 Å². The van der Waals surface area contributed by atoms with Crippen molar-refractivity contribution in [1.29, 1.82) is 0 Å². The van der Waals surface area contributed by atoms with Gasteiger partial charge in [0.25, 0.3) is 0 Å². The molecule has 2 amide bonds. The number of carbonyl (C=O) groups is 2. The van der Waals surface area contributed by atoms with Crippen LogP contribution < -0.4 is 5.32 Å². The summed E-state index contributed by atoms with van der Waals surface area (Å²) in [6.45, 7) is 4.74. The summed E-state index contributed by atoms with van der Waals surface area (Å²) in [6, 6.07) is 14.6. The lowest BCUT2D eigenvalue weighted by molar-refractivity contribution is -0.135. The predicted molar refractivity (Wildman–Crippen MR) is 155 cm³/mol. The summed E-state index contributed by atoms with van der Waals surface area (Å²) >= 11 is 0. The lowest BCUT2D eigenvalue weighted by Gasteiger charge is -2.37. The van der Waals surface area contributed by atoms with Crippen molar-refractivity contribution in [2.24, 2.45) is 0 Å². The molecule has 0 aromatic heterocycles. The second-order valence-corrected chi connectivity index (χ2v) is 10.8. The summed E-state index contributed by atoms with van der Waals surface area (Å²) in [6.07, 6.45) is 12.9. The van der Waals surface area contributed by atoms with Gasteiger partial charge in [0.2, 0.25) is 11.8 Å². The molecule has 0 radical (unpaired) electrons. The number of benzene rings is 2. The lowest BCUT2D eigenvalue weighted by atomic mass is 9.93. The Kier molecular flexibility index (Phi) is 14.0. The SMILES string of the molecule is CCCCNC(=O)CCCCCCCCCCOC[C@@H]1Cc2ccccc2CN1C(=O)Cc1cccc(F)c1. The normalized spacial score (nSPS) is 14.7. The smallest absolute Gasteiger partial charge is 0.227 e. The summed E-state index contributed by atoms with van der Waals surface area (Å²) in [7, 11) is 0. The number of ether oxygens (including phenoxy) is 1. The van der Waals surface area contributed by atoms with Gasteiger partial charge in [-0.3, -0.25) is 9.59 Å². The molecule has 0 aliphatic carbocycles. The van der Waals surface area contributed by atoms with Crippen LogP contribution in [0.3, 0.4) is 0 Å². The molecule has 0 saturated carbocycles. The van der Waals surface area contributed by atoms with E-state index in [2.05, 4.69) is 24.4 Å². The van der Waals surface area contributed by atoms with E-state index in [0.29, 0.717) is 31.7 Å². The molecule has 214 valence electrons. The van der Waals surface area contributed by atoms with E-state index in [-0.39, 0.29) is 30.1 Å². The molecule has 0 fully saturated rings. The number of unbranched alkanes of at least 4 members (excludes halogenated alkanes) is 8. The third-order valence-corrected chi connectivity index (χ3v) is 7.53. The second-order valence-electron chi connectivity index (χ2n) is 10.8. The van der Waals surface area contributed by atoms with E-state index in [4.69, 9.17) is 4.74 Å². The average Bonchev–Trinajstić information content (AvgIpc) is 2.93. The quantitative estimate of drug-likeness (QED) is 0.213. The number of amides is 2. The highest BCUT2D eigenvalue weighted by Gasteiger charge is 2.29. The lowest BCUT2D eigenvalue weighted by Crippen LogP contribution is -2.47. The van der Waals surface area contributed by atoms with Gasteiger partial charge in [-0.25, -0.2) is 4.39 Å². The standard InChI is InChI=1S/C33H47FN2O3/c1-2-3-20-35-32(37)19-10-8-6-4-5-7-9-13-21-39-26-31-24-28-16-11-12-17-29(28)25-36(31)33(38)23-27-15-14-18-30(34)22-27/h11-12,14-18,22,31H,2-10,13,19-21,23-26H2,1H3,(H,35,37)/t31-/m0/s1. The molecule has 0 saturated heterocycles. The Morgan fingerprint density at radius 2 is 1.64 bits per heavy atom. The molecule has 2 aromatic rings. The molecule has 1 atom stereocenters. The second kappa shape index (κ2) is 17.8. The Morgan fingerprint density at radius 1 is 0.923 bits per heavy atom. The Labute approximate surface area is 234 Å². The summed E-state index contributed by atoms with van der Waals surface area (Å²) in [4.78, 5) is 26.8. The van der Waals surface area contributed by atoms with Crippen LogP contribution in [0, 0.1) is 5.82 Å². The number of nitrogens with zero attached hydrogens (tertiary/aromatic N) is 1. The largest absolute Gasteiger partial charge is 0.379 e. The van der Waals surface area contributed by atoms with E-state index in [1.54, 1.807) is 12.1 Å². The van der Waals surface area contributed by atoms with Crippen molar-refractivity contribution in [3.63, 3.8) is 0 Å². The summed E-state index contributed by atoms with van der Waals surface area (Å²) in [5.41, 5.74) is 3.15. The molecular weight excluding hydrogens is 491 g/mol. The van der Waals surface area contributed by atoms with Crippen LogP contribution in [-0.2, 0) is 33.7 Å². The van der Waals surface area contributed by atoms with E-state index < -0.39 is 0 Å². The van der Waals surface area contributed by atoms with Gasteiger partial charge in [0.1, 0.15) is 5.82 Å². The fourth-order valence-electron chi connectivity index (χ4n) is 5.21. The topological polar surface area (TPSA) is 58.6 Å². The van der Waals surface area contributed by atoms with Crippen LogP contribution in [0.4, 0.5) is 4.39 Å². The molecule has 1 N–H and O–H groups in total. The molecule has 0 unspecified atom stereocenters. The van der Waals surface area contributed by atoms with Gasteiger partial charge in [-0.15, -0.1) is 0 Å². The fraction of sp³-hybridized carbons (Fsp3) is 0.576. The minimum atomic E-state index is -0.314. The predicted octanol–water partition coefficient (Wildman–Crippen LogP) is 6.77. The zero-order valence-electron chi connectivity index (χ0n) is 23.8. The van der Waals surface area contributed by atoms with Crippen LogP contribution in [0.5, 0.6) is 0 Å². The first-order valence-corrected chi connectivity index (χ1v) is 15.0. The third-order valence-electron chi connectivity index (χ3n) is 7.53. The highest BCUT2D eigenvalue weighted by atomic mass is 19.1. The first-order valence-electron chi connectivity index (χ1n) is 15.0. The highest BCUT2D eigenvalue weighted by molar-refractivity contribution is 5.79. The van der Waals surface area contributed by atoms with Crippen LogP contribution in [0.1, 0.15) is 94.2 Å². The molecular formula is C33H47FN2O3. The van der Waals surface area contributed by atoms with Crippen molar-refractivity contribution in [3.8, 4) is 0 Å². The molecule has 1 heterocycles. The van der Waals surface area contributed by atoms with Crippen molar-refractivity contribution in [1.82, 2.24) is 10.2 Å². The van der Waals surface area contributed by atoms with Crippen LogP contribution in [0.15, 0.2) is 48.5 Å². The molecule has 3 rings (SSSR count). The maximum absolute atomic E-state index is 13.6. The molecule has 1 aliphatic heterocycles. The summed E-state index contributed by atoms with van der Waals surface area (Å²) < 4.78 is 19.7. The van der Waals surface area contributed by atoms with Crippen molar-refractivity contribution in [2.45, 2.75) is 103 Å². The Bertz CT molecular complexity index is 1010. The number of hydrogen-bond donors (Lipinski definition) is 1. The van der Waals surface area contributed by atoms with E-state index in [1.165, 1.54) is 48.9 Å². The van der Waals surface area contributed by atoms with E-state index >= 15 is 0 Å². The van der Waals surface area contributed by atoms with Gasteiger partial charge in [0.15, 0.2) is 0 Å². The van der Waals surface area contributed by atoms with E-state index in [1.807, 2.05) is 17.0 Å². The van der Waals surface area contributed by atoms with Crippen LogP contribution in [0.25, 0.3) is 0 Å². The van der Waals surface area contributed by atoms with E-state index in [9.17, 15) is 14.0 Å². The number of halogens is 1. The molecule has 39 heavy (non-hydrogen) atoms. The van der Waals surface area contributed by atoms with E-state index in [0.717, 1.165) is 51.5 Å². The molecule has 1 aliphatic rings. The Morgan fingerprint density at radius 3 is 2.38 bits per heavy atom. The number of fused-ring (bicyclic) bond motifs is 1. The molecule has 2 aromatic carbocycles. The third kappa shape index (κ3) is 11.5.